The molecule has 0 unspecified atom stereocenters. The molecule has 3 rings (SSSR count). The van der Waals surface area contributed by atoms with E-state index in [1.807, 2.05) is 17.5 Å². The summed E-state index contributed by atoms with van der Waals surface area (Å²) in [6.07, 6.45) is 0.555. The number of thiophene rings is 1. The number of nitrogens with one attached hydrogen (secondary N) is 1. The number of nitrogens with zero attached hydrogens (tertiary/aromatic N) is 3. The van der Waals surface area contributed by atoms with E-state index in [1.54, 1.807) is 4.90 Å². The number of carbonyl (C=O) groups excluding carboxylic acids is 1. The van der Waals surface area contributed by atoms with Gasteiger partial charge in [-0.2, -0.15) is 0 Å². The van der Waals surface area contributed by atoms with Crippen LogP contribution in [0.3, 0.4) is 0 Å². The highest BCUT2D eigenvalue weighted by Crippen LogP contribution is 2.18. The van der Waals surface area contributed by atoms with Gasteiger partial charge >= 0.3 is 0 Å². The van der Waals surface area contributed by atoms with Crippen LogP contribution in [-0.4, -0.2) is 52.3 Å². The highest BCUT2D eigenvalue weighted by Gasteiger charge is 2.17. The first-order valence-corrected chi connectivity index (χ1v) is 7.97. The summed E-state index contributed by atoms with van der Waals surface area (Å²) in [5, 5.41) is 9.91. The van der Waals surface area contributed by atoms with Crippen molar-refractivity contribution in [2.24, 2.45) is 0 Å². The van der Waals surface area contributed by atoms with Crippen molar-refractivity contribution in [2.75, 3.05) is 26.3 Å². The number of aryl methyl sites for hydroxylation is 1. The molecule has 7 nitrogen and oxygen atoms in total. The van der Waals surface area contributed by atoms with Crippen molar-refractivity contribution in [3.05, 3.63) is 33.6 Å². The predicted octanol–water partition coefficient (Wildman–Crippen LogP) is 0.685. The molecule has 1 saturated heterocycles. The third-order valence-electron chi connectivity index (χ3n) is 3.46. The molecule has 0 radical (unpaired) electrons. The van der Waals surface area contributed by atoms with Crippen molar-refractivity contribution in [1.82, 2.24) is 20.1 Å². The third-order valence-corrected chi connectivity index (χ3v) is 4.34. The minimum absolute atomic E-state index is 0.0202. The summed E-state index contributed by atoms with van der Waals surface area (Å²) >= 11 is 1.48. The lowest BCUT2D eigenvalue weighted by Gasteiger charge is -2.26. The quantitative estimate of drug-likeness (QED) is 0.895. The summed E-state index contributed by atoms with van der Waals surface area (Å²) in [5.74, 6) is 0.482. The topological polar surface area (TPSA) is 88.2 Å². The number of rotatable bonds is 4. The zero-order valence-corrected chi connectivity index (χ0v) is 12.8. The van der Waals surface area contributed by atoms with Gasteiger partial charge < -0.3 is 14.6 Å². The minimum atomic E-state index is -0.284. The molecule has 116 valence electrons. The molecule has 1 aliphatic heterocycles. The number of hydrogen-bond acceptors (Lipinski definition) is 6. The first kappa shape index (κ1) is 14.9. The first-order valence-electron chi connectivity index (χ1n) is 7.09. The Hall–Kier alpha value is -2.06. The van der Waals surface area contributed by atoms with Gasteiger partial charge in [0, 0.05) is 25.9 Å². The molecule has 0 atom stereocenters. The smallest absolute Gasteiger partial charge is 0.273 e. The van der Waals surface area contributed by atoms with Gasteiger partial charge in [-0.25, -0.2) is 0 Å². The van der Waals surface area contributed by atoms with Crippen LogP contribution in [0.15, 0.2) is 22.3 Å². The summed E-state index contributed by atoms with van der Waals surface area (Å²) in [5.41, 5.74) is 0.00935. The number of aromatic nitrogens is 3. The maximum Gasteiger partial charge on any atom is 0.273 e. The van der Waals surface area contributed by atoms with Crippen LogP contribution in [0.25, 0.3) is 10.7 Å². The Kier molecular flexibility index (Phi) is 4.59. The van der Waals surface area contributed by atoms with E-state index in [0.717, 1.165) is 4.88 Å². The molecule has 1 aliphatic rings. The summed E-state index contributed by atoms with van der Waals surface area (Å²) < 4.78 is 5.21. The Bertz CT molecular complexity index is 692. The van der Waals surface area contributed by atoms with E-state index in [0.29, 0.717) is 44.2 Å². The van der Waals surface area contributed by atoms with Gasteiger partial charge in [-0.3, -0.25) is 9.59 Å². The van der Waals surface area contributed by atoms with Crippen LogP contribution in [0.1, 0.15) is 12.1 Å². The van der Waals surface area contributed by atoms with Crippen LogP contribution in [0, 0.1) is 0 Å². The van der Waals surface area contributed by atoms with Crippen molar-refractivity contribution in [3.8, 4) is 10.7 Å². The van der Waals surface area contributed by atoms with Crippen LogP contribution in [-0.2, 0) is 16.0 Å². The van der Waals surface area contributed by atoms with Crippen LogP contribution in [0.2, 0.25) is 0 Å². The van der Waals surface area contributed by atoms with Crippen LogP contribution < -0.4 is 5.56 Å². The van der Waals surface area contributed by atoms with Gasteiger partial charge in [0.2, 0.25) is 5.91 Å². The number of aromatic amines is 1. The molecular formula is C14H16N4O3S. The van der Waals surface area contributed by atoms with Crippen LogP contribution >= 0.6 is 11.3 Å². The Labute approximate surface area is 131 Å². The number of amides is 1. The fourth-order valence-electron chi connectivity index (χ4n) is 2.24. The van der Waals surface area contributed by atoms with Gasteiger partial charge in [-0.15, -0.1) is 21.5 Å². The second-order valence-corrected chi connectivity index (χ2v) is 5.87. The summed E-state index contributed by atoms with van der Waals surface area (Å²) in [7, 11) is 0. The first-order chi connectivity index (χ1) is 10.7. The van der Waals surface area contributed by atoms with E-state index in [2.05, 4.69) is 15.2 Å². The lowest BCUT2D eigenvalue weighted by Crippen LogP contribution is -2.41. The number of morpholine rings is 1. The lowest BCUT2D eigenvalue weighted by atomic mass is 10.2. The molecule has 22 heavy (non-hydrogen) atoms. The normalized spacial score (nSPS) is 15.0. The van der Waals surface area contributed by atoms with E-state index in [9.17, 15) is 9.59 Å². The van der Waals surface area contributed by atoms with Crippen molar-refractivity contribution >= 4 is 17.2 Å². The average Bonchev–Trinajstić information content (AvgIpc) is 3.08. The third kappa shape index (κ3) is 3.40. The van der Waals surface area contributed by atoms with Crippen LogP contribution in [0.5, 0.6) is 0 Å². The number of H-pyrrole nitrogens is 1. The molecule has 0 spiro atoms. The summed E-state index contributed by atoms with van der Waals surface area (Å²) in [6.45, 7) is 2.36. The zero-order chi connectivity index (χ0) is 15.4. The van der Waals surface area contributed by atoms with Gasteiger partial charge in [0.25, 0.3) is 5.56 Å². The van der Waals surface area contributed by atoms with Gasteiger partial charge in [0.15, 0.2) is 5.82 Å². The molecule has 2 aromatic heterocycles. The Morgan fingerprint density at radius 3 is 2.86 bits per heavy atom. The van der Waals surface area contributed by atoms with Gasteiger partial charge in [0.05, 0.1) is 18.1 Å². The highest BCUT2D eigenvalue weighted by molar-refractivity contribution is 7.13. The maximum absolute atomic E-state index is 12.0. The van der Waals surface area contributed by atoms with Crippen molar-refractivity contribution in [2.45, 2.75) is 12.8 Å². The molecule has 3 heterocycles. The van der Waals surface area contributed by atoms with Crippen molar-refractivity contribution < 1.29 is 9.53 Å². The Balaban J connectivity index is 1.63. The largest absolute Gasteiger partial charge is 0.378 e. The molecule has 2 aromatic rings. The molecule has 1 N–H and O–H groups in total. The Morgan fingerprint density at radius 2 is 2.18 bits per heavy atom. The maximum atomic E-state index is 12.0. The number of carbonyl (C=O) groups is 1. The van der Waals surface area contributed by atoms with E-state index in [1.165, 1.54) is 11.3 Å². The fraction of sp³-hybridized carbons (Fsp3) is 0.429. The molecule has 0 saturated carbocycles. The van der Waals surface area contributed by atoms with Crippen LogP contribution in [0.4, 0.5) is 0 Å². The molecule has 8 heteroatoms. The summed E-state index contributed by atoms with van der Waals surface area (Å²) in [6, 6.07) is 3.75. The number of ether oxygens (including phenoxy) is 1. The van der Waals surface area contributed by atoms with Crippen molar-refractivity contribution in [3.63, 3.8) is 0 Å². The molecule has 1 fully saturated rings. The lowest BCUT2D eigenvalue weighted by molar-refractivity contribution is -0.135. The molecule has 0 aromatic carbocycles. The van der Waals surface area contributed by atoms with E-state index < -0.39 is 0 Å². The monoisotopic (exact) mass is 320 g/mol. The van der Waals surface area contributed by atoms with E-state index >= 15 is 0 Å². The molecule has 0 aliphatic carbocycles. The SMILES string of the molecule is O=C(CCc1nnc(-c2cccs2)[nH]c1=O)N1CCOCC1. The zero-order valence-electron chi connectivity index (χ0n) is 11.9. The molecular weight excluding hydrogens is 304 g/mol. The van der Waals surface area contributed by atoms with Gasteiger partial charge in [-0.05, 0) is 11.4 Å². The Morgan fingerprint density at radius 1 is 1.36 bits per heavy atom. The summed E-state index contributed by atoms with van der Waals surface area (Å²) in [4.78, 5) is 29.4. The highest BCUT2D eigenvalue weighted by atomic mass is 32.1. The molecule has 1 amide bonds. The molecule has 0 bridgehead atoms. The van der Waals surface area contributed by atoms with Gasteiger partial charge in [0.1, 0.15) is 5.69 Å². The predicted molar refractivity (Wildman–Crippen MR) is 81.7 cm³/mol. The fourth-order valence-corrected chi connectivity index (χ4v) is 2.91. The second kappa shape index (κ2) is 6.80. The van der Waals surface area contributed by atoms with Gasteiger partial charge in [-0.1, -0.05) is 6.07 Å². The average molecular weight is 320 g/mol. The number of hydrogen-bond donors (Lipinski definition) is 1. The van der Waals surface area contributed by atoms with E-state index in [4.69, 9.17) is 4.74 Å². The van der Waals surface area contributed by atoms with Crippen molar-refractivity contribution in [1.29, 1.82) is 0 Å². The minimum Gasteiger partial charge on any atom is -0.378 e. The standard InChI is InChI=1S/C14H16N4O3S/c19-12(18-5-7-21-8-6-18)4-3-10-14(20)15-13(17-16-10)11-2-1-9-22-11/h1-2,9H,3-8H2,(H,15,17,20). The second-order valence-electron chi connectivity index (χ2n) is 4.92. The van der Waals surface area contributed by atoms with E-state index in [-0.39, 0.29) is 17.9 Å².